The van der Waals surface area contributed by atoms with Gasteiger partial charge in [-0.25, -0.2) is 4.98 Å². The van der Waals surface area contributed by atoms with Gasteiger partial charge in [-0.1, -0.05) is 115 Å². The molecule has 2 aliphatic rings. The van der Waals surface area contributed by atoms with Crippen molar-refractivity contribution < 1.29 is 0 Å². The molecule has 2 heteroatoms. The Bertz CT molecular complexity index is 2350. The van der Waals surface area contributed by atoms with Crippen LogP contribution in [-0.4, -0.2) is 9.38 Å². The third-order valence-electron chi connectivity index (χ3n) is 9.09. The second-order valence-corrected chi connectivity index (χ2v) is 11.6. The number of rotatable bonds is 3. The normalized spacial score (nSPS) is 16.1. The summed E-state index contributed by atoms with van der Waals surface area (Å²) in [6, 6.07) is 41.8. The molecule has 1 atom stereocenters. The third kappa shape index (κ3) is 3.91. The van der Waals surface area contributed by atoms with E-state index >= 15 is 0 Å². The van der Waals surface area contributed by atoms with Crippen LogP contribution in [0, 0.1) is 5.92 Å². The molecule has 7 aromatic rings. The van der Waals surface area contributed by atoms with Crippen LogP contribution >= 0.6 is 0 Å². The first-order valence-corrected chi connectivity index (χ1v) is 15.0. The van der Waals surface area contributed by atoms with Crippen molar-refractivity contribution in [3.05, 3.63) is 163 Å². The van der Waals surface area contributed by atoms with Gasteiger partial charge < -0.3 is 0 Å². The highest BCUT2D eigenvalue weighted by atomic mass is 15.0. The highest BCUT2D eigenvalue weighted by Crippen LogP contribution is 2.38. The van der Waals surface area contributed by atoms with Crippen LogP contribution in [0.5, 0.6) is 0 Å². The standard InChI is InChI=1S/C41H28N2/c1-2-8-27(9-3-1)34-21-23-39-37(26-34)36-25-33(20-22-35(36)41-42-38-12-6-7-13-40(38)43(39)41)30-16-14-29(15-17-30)32-19-18-28-10-4-5-11-31(28)24-32/h1-10,12-26,31H,11H2. The minimum Gasteiger partial charge on any atom is -0.292 e. The van der Waals surface area contributed by atoms with Gasteiger partial charge in [-0.15, -0.1) is 0 Å². The van der Waals surface area contributed by atoms with Crippen molar-refractivity contribution >= 4 is 43.9 Å². The lowest BCUT2D eigenvalue weighted by Crippen LogP contribution is -2.05. The summed E-state index contributed by atoms with van der Waals surface area (Å²) in [6.07, 6.45) is 14.7. The predicted molar refractivity (Wildman–Crippen MR) is 181 cm³/mol. The number of para-hydroxylation sites is 2. The molecule has 9 rings (SSSR count). The second-order valence-electron chi connectivity index (χ2n) is 11.6. The molecular formula is C41H28N2. The number of imidazole rings is 1. The van der Waals surface area contributed by atoms with Gasteiger partial charge >= 0.3 is 0 Å². The quantitative estimate of drug-likeness (QED) is 0.201. The van der Waals surface area contributed by atoms with Gasteiger partial charge in [-0.3, -0.25) is 4.40 Å². The van der Waals surface area contributed by atoms with E-state index in [1.165, 1.54) is 55.3 Å². The Labute approximate surface area is 250 Å². The summed E-state index contributed by atoms with van der Waals surface area (Å²) >= 11 is 0. The smallest absolute Gasteiger partial charge is 0.146 e. The largest absolute Gasteiger partial charge is 0.292 e. The van der Waals surface area contributed by atoms with Crippen molar-refractivity contribution in [2.45, 2.75) is 6.42 Å². The summed E-state index contributed by atoms with van der Waals surface area (Å²) in [5.74, 6) is 0.482. The molecule has 2 heterocycles. The maximum Gasteiger partial charge on any atom is 0.146 e. The van der Waals surface area contributed by atoms with Crippen LogP contribution in [0.1, 0.15) is 12.0 Å². The van der Waals surface area contributed by atoms with Crippen LogP contribution < -0.4 is 0 Å². The van der Waals surface area contributed by atoms with Gasteiger partial charge in [0.05, 0.1) is 16.6 Å². The summed E-state index contributed by atoms with van der Waals surface area (Å²) in [5.41, 5.74) is 13.1. The van der Waals surface area contributed by atoms with Crippen LogP contribution in [0.25, 0.3) is 66.2 Å². The Kier molecular flexibility index (Phi) is 5.36. The Morgan fingerprint density at radius 1 is 0.581 bits per heavy atom. The van der Waals surface area contributed by atoms with E-state index in [0.717, 1.165) is 28.5 Å². The van der Waals surface area contributed by atoms with Gasteiger partial charge in [0.1, 0.15) is 5.65 Å². The molecule has 2 aliphatic carbocycles. The molecule has 0 radical (unpaired) electrons. The lowest BCUT2D eigenvalue weighted by atomic mass is 9.84. The van der Waals surface area contributed by atoms with E-state index in [2.05, 4.69) is 156 Å². The fourth-order valence-corrected chi connectivity index (χ4v) is 6.86. The first-order valence-electron chi connectivity index (χ1n) is 15.0. The van der Waals surface area contributed by atoms with E-state index in [1.807, 2.05) is 0 Å². The zero-order valence-corrected chi connectivity index (χ0v) is 23.6. The number of nitrogens with zero attached hydrogens (tertiary/aromatic N) is 2. The molecule has 202 valence electrons. The number of fused-ring (bicyclic) bond motifs is 9. The Morgan fingerprint density at radius 3 is 2.19 bits per heavy atom. The molecule has 0 saturated heterocycles. The van der Waals surface area contributed by atoms with Crippen molar-refractivity contribution in [3.8, 4) is 22.3 Å². The molecule has 0 bridgehead atoms. The average molecular weight is 549 g/mol. The van der Waals surface area contributed by atoms with Crippen molar-refractivity contribution in [1.82, 2.24) is 9.38 Å². The number of aromatic nitrogens is 2. The molecule has 0 saturated carbocycles. The SMILES string of the molecule is C1=CCC2C=C(c3ccc(-c4ccc5c(c4)c4cc(-c6ccccc6)ccc4n4c6ccccc6nc54)cc3)C=CC2=C1. The number of pyridine rings is 1. The summed E-state index contributed by atoms with van der Waals surface area (Å²) in [7, 11) is 0. The first kappa shape index (κ1) is 24.2. The van der Waals surface area contributed by atoms with E-state index < -0.39 is 0 Å². The van der Waals surface area contributed by atoms with E-state index in [-0.39, 0.29) is 0 Å². The van der Waals surface area contributed by atoms with Gasteiger partial charge in [0.2, 0.25) is 0 Å². The van der Waals surface area contributed by atoms with Crippen LogP contribution in [-0.2, 0) is 0 Å². The topological polar surface area (TPSA) is 17.3 Å². The number of hydrogen-bond donors (Lipinski definition) is 0. The lowest BCUT2D eigenvalue weighted by molar-refractivity contribution is 0.782. The monoisotopic (exact) mass is 548 g/mol. The second kappa shape index (κ2) is 9.54. The Morgan fingerprint density at radius 2 is 1.30 bits per heavy atom. The maximum atomic E-state index is 5.11. The van der Waals surface area contributed by atoms with Crippen LogP contribution in [0.2, 0.25) is 0 Å². The highest BCUT2D eigenvalue weighted by molar-refractivity contribution is 6.15. The van der Waals surface area contributed by atoms with E-state index in [0.29, 0.717) is 5.92 Å². The Balaban J connectivity index is 1.21. The summed E-state index contributed by atoms with van der Waals surface area (Å²) < 4.78 is 2.32. The van der Waals surface area contributed by atoms with Crippen LogP contribution in [0.3, 0.4) is 0 Å². The fraction of sp³-hybridized carbons (Fsp3) is 0.0488. The minimum absolute atomic E-state index is 0.482. The van der Waals surface area contributed by atoms with Gasteiger partial charge in [0.15, 0.2) is 0 Å². The van der Waals surface area contributed by atoms with E-state index in [1.54, 1.807) is 0 Å². The van der Waals surface area contributed by atoms with Gasteiger partial charge in [-0.2, -0.15) is 0 Å². The molecule has 1 unspecified atom stereocenters. The van der Waals surface area contributed by atoms with Crippen LogP contribution in [0.4, 0.5) is 0 Å². The molecule has 2 aromatic heterocycles. The highest BCUT2D eigenvalue weighted by Gasteiger charge is 2.17. The van der Waals surface area contributed by atoms with Crippen LogP contribution in [0.15, 0.2) is 157 Å². The van der Waals surface area contributed by atoms with E-state index in [9.17, 15) is 0 Å². The van der Waals surface area contributed by atoms with Crippen molar-refractivity contribution in [2.24, 2.45) is 5.92 Å². The van der Waals surface area contributed by atoms with Crippen molar-refractivity contribution in [1.29, 1.82) is 0 Å². The summed E-state index contributed by atoms with van der Waals surface area (Å²) in [5, 5.41) is 3.62. The molecule has 5 aromatic carbocycles. The number of hydrogen-bond acceptors (Lipinski definition) is 1. The zero-order valence-electron chi connectivity index (χ0n) is 23.6. The van der Waals surface area contributed by atoms with E-state index in [4.69, 9.17) is 4.98 Å². The minimum atomic E-state index is 0.482. The van der Waals surface area contributed by atoms with Gasteiger partial charge in [-0.05, 0) is 87.2 Å². The predicted octanol–water partition coefficient (Wildman–Crippen LogP) is 10.6. The molecule has 43 heavy (non-hydrogen) atoms. The zero-order chi connectivity index (χ0) is 28.3. The lowest BCUT2D eigenvalue weighted by Gasteiger charge is -2.21. The average Bonchev–Trinajstić information content (AvgIpc) is 3.48. The molecule has 0 fully saturated rings. The molecule has 0 aliphatic heterocycles. The molecule has 0 N–H and O–H groups in total. The van der Waals surface area contributed by atoms with Crippen molar-refractivity contribution in [2.75, 3.05) is 0 Å². The summed E-state index contributed by atoms with van der Waals surface area (Å²) in [6.45, 7) is 0. The van der Waals surface area contributed by atoms with Gasteiger partial charge in [0, 0.05) is 16.7 Å². The maximum absolute atomic E-state index is 5.11. The molecule has 2 nitrogen and oxygen atoms in total. The number of benzene rings is 5. The molecule has 0 amide bonds. The third-order valence-corrected chi connectivity index (χ3v) is 9.09. The summed E-state index contributed by atoms with van der Waals surface area (Å²) in [4.78, 5) is 5.11. The first-order chi connectivity index (χ1) is 21.3. The Hall–Kier alpha value is -5.47. The van der Waals surface area contributed by atoms with Crippen molar-refractivity contribution in [3.63, 3.8) is 0 Å². The fourth-order valence-electron chi connectivity index (χ4n) is 6.86. The molecule has 0 spiro atoms. The number of allylic oxidation sites excluding steroid dienone is 8. The van der Waals surface area contributed by atoms with Gasteiger partial charge in [0.25, 0.3) is 0 Å². The molecular weight excluding hydrogens is 520 g/mol.